The average Bonchev–Trinajstić information content (AvgIpc) is 3.34. The third-order valence-electron chi connectivity index (χ3n) is 5.90. The highest BCUT2D eigenvalue weighted by Gasteiger charge is 2.31. The van der Waals surface area contributed by atoms with Gasteiger partial charge in [0, 0.05) is 45.6 Å². The van der Waals surface area contributed by atoms with E-state index in [1.165, 1.54) is 53.5 Å². The number of primary amides is 1. The molecule has 13 heteroatoms. The number of anilines is 3. The monoisotopic (exact) mass is 563 g/mol. The number of alkyl halides is 3. The van der Waals surface area contributed by atoms with Gasteiger partial charge in [-0.1, -0.05) is 12.1 Å². The van der Waals surface area contributed by atoms with E-state index in [1.54, 1.807) is 19.1 Å². The number of aryl methyl sites for hydroxylation is 1. The molecule has 3 aromatic carbocycles. The van der Waals surface area contributed by atoms with Crippen molar-refractivity contribution in [2.45, 2.75) is 19.5 Å². The summed E-state index contributed by atoms with van der Waals surface area (Å²) >= 11 is 0. The third kappa shape index (κ3) is 6.95. The van der Waals surface area contributed by atoms with Crippen LogP contribution in [0, 0.1) is 12.3 Å². The minimum absolute atomic E-state index is 0.0224. The second-order valence-electron chi connectivity index (χ2n) is 9.08. The standard InChI is InChI=1S/C28H24F3N7O3/c1-15-13-38(14-35-15)21-9-18(28(29,30)31)8-20(10-21)37-25(40)12-24(39)36-19-5-6-22(23(32)11-19)26(33)16-3-2-4-17(7-16)27(34)41/h2-11,13-14,33H,12,32H2,1H3,(H2,34,41)(H,36,39)(H,37,40). The first-order valence-electron chi connectivity index (χ1n) is 12.0. The van der Waals surface area contributed by atoms with Crippen LogP contribution in [0.1, 0.15) is 39.2 Å². The van der Waals surface area contributed by atoms with E-state index in [-0.39, 0.29) is 34.0 Å². The van der Waals surface area contributed by atoms with Crippen molar-refractivity contribution >= 4 is 40.5 Å². The van der Waals surface area contributed by atoms with Gasteiger partial charge in [0.05, 0.1) is 23.3 Å². The van der Waals surface area contributed by atoms with E-state index in [1.807, 2.05) is 0 Å². The highest BCUT2D eigenvalue weighted by atomic mass is 19.4. The number of nitrogens with zero attached hydrogens (tertiary/aromatic N) is 2. The highest BCUT2D eigenvalue weighted by molar-refractivity contribution is 6.15. The van der Waals surface area contributed by atoms with Gasteiger partial charge in [-0.2, -0.15) is 13.2 Å². The quantitative estimate of drug-likeness (QED) is 0.122. The molecule has 0 saturated heterocycles. The van der Waals surface area contributed by atoms with Crippen LogP contribution in [-0.2, 0) is 15.8 Å². The minimum Gasteiger partial charge on any atom is -0.398 e. The number of imidazole rings is 1. The fourth-order valence-electron chi connectivity index (χ4n) is 3.97. The van der Waals surface area contributed by atoms with Crippen molar-refractivity contribution in [3.63, 3.8) is 0 Å². The van der Waals surface area contributed by atoms with E-state index in [9.17, 15) is 27.6 Å². The van der Waals surface area contributed by atoms with Crippen molar-refractivity contribution in [2.24, 2.45) is 5.73 Å². The number of nitrogens with one attached hydrogen (secondary N) is 3. The van der Waals surface area contributed by atoms with Crippen molar-refractivity contribution in [1.29, 1.82) is 5.41 Å². The summed E-state index contributed by atoms with van der Waals surface area (Å²) < 4.78 is 41.8. The number of hydrogen-bond acceptors (Lipinski definition) is 6. The number of nitrogen functional groups attached to an aromatic ring is 1. The SMILES string of the molecule is Cc1cn(-c2cc(NC(=O)CC(=O)Nc3ccc(C(=N)c4cccc(C(N)=O)c4)c(N)c3)cc(C(F)(F)F)c2)cn1. The Bertz CT molecular complexity index is 1680. The van der Waals surface area contributed by atoms with E-state index < -0.39 is 35.9 Å². The summed E-state index contributed by atoms with van der Waals surface area (Å²) in [6.45, 7) is 1.68. The maximum atomic E-state index is 13.5. The van der Waals surface area contributed by atoms with Crippen molar-refractivity contribution in [3.05, 3.63) is 101 Å². The van der Waals surface area contributed by atoms with Gasteiger partial charge in [-0.25, -0.2) is 4.98 Å². The Morgan fingerprint density at radius 2 is 1.63 bits per heavy atom. The molecule has 41 heavy (non-hydrogen) atoms. The summed E-state index contributed by atoms with van der Waals surface area (Å²) in [6.07, 6.45) is -2.48. The first kappa shape index (κ1) is 28.5. The van der Waals surface area contributed by atoms with Crippen molar-refractivity contribution in [2.75, 3.05) is 16.4 Å². The molecule has 10 nitrogen and oxygen atoms in total. The molecule has 210 valence electrons. The number of carbonyl (C=O) groups is 3. The summed E-state index contributed by atoms with van der Waals surface area (Å²) in [5.41, 5.74) is 12.3. The average molecular weight is 564 g/mol. The molecule has 0 aliphatic rings. The number of aromatic nitrogens is 2. The smallest absolute Gasteiger partial charge is 0.398 e. The molecular formula is C28H24F3N7O3. The molecule has 0 fully saturated rings. The largest absolute Gasteiger partial charge is 0.416 e. The molecule has 7 N–H and O–H groups in total. The van der Waals surface area contributed by atoms with Crippen LogP contribution in [0.4, 0.5) is 30.2 Å². The van der Waals surface area contributed by atoms with E-state index in [0.29, 0.717) is 16.8 Å². The lowest BCUT2D eigenvalue weighted by atomic mass is 9.98. The lowest BCUT2D eigenvalue weighted by Gasteiger charge is -2.14. The lowest BCUT2D eigenvalue weighted by Crippen LogP contribution is -2.22. The number of benzene rings is 3. The molecule has 0 radical (unpaired) electrons. The predicted octanol–water partition coefficient (Wildman–Crippen LogP) is 4.26. The fraction of sp³-hybridized carbons (Fsp3) is 0.107. The number of hydrogen-bond donors (Lipinski definition) is 5. The van der Waals surface area contributed by atoms with Gasteiger partial charge >= 0.3 is 6.18 Å². The van der Waals surface area contributed by atoms with Gasteiger partial charge in [0.15, 0.2) is 0 Å². The Labute approximate surface area is 231 Å². The number of carbonyl (C=O) groups excluding carboxylic acids is 3. The molecular weight excluding hydrogens is 539 g/mol. The molecule has 4 aromatic rings. The summed E-state index contributed by atoms with van der Waals surface area (Å²) in [5, 5.41) is 13.3. The van der Waals surface area contributed by atoms with Crippen LogP contribution in [0.3, 0.4) is 0 Å². The molecule has 0 aliphatic heterocycles. The van der Waals surface area contributed by atoms with E-state index in [0.717, 1.165) is 12.1 Å². The van der Waals surface area contributed by atoms with Gasteiger partial charge in [0.1, 0.15) is 6.42 Å². The van der Waals surface area contributed by atoms with Crippen molar-refractivity contribution in [1.82, 2.24) is 9.55 Å². The molecule has 0 atom stereocenters. The van der Waals surface area contributed by atoms with Crippen molar-refractivity contribution in [3.8, 4) is 5.69 Å². The van der Waals surface area contributed by atoms with Crippen LogP contribution in [0.2, 0.25) is 0 Å². The van der Waals surface area contributed by atoms with Gasteiger partial charge in [0.2, 0.25) is 17.7 Å². The maximum absolute atomic E-state index is 13.5. The summed E-state index contributed by atoms with van der Waals surface area (Å²) in [5.74, 6) is -2.22. The van der Waals surface area contributed by atoms with Crippen LogP contribution in [0.15, 0.2) is 73.2 Å². The van der Waals surface area contributed by atoms with Crippen molar-refractivity contribution < 1.29 is 27.6 Å². The van der Waals surface area contributed by atoms with Gasteiger partial charge < -0.3 is 26.7 Å². The van der Waals surface area contributed by atoms with Crippen LogP contribution in [0.25, 0.3) is 5.69 Å². The predicted molar refractivity (Wildman–Crippen MR) is 147 cm³/mol. The number of nitrogens with two attached hydrogens (primary N) is 2. The molecule has 0 bridgehead atoms. The molecule has 1 heterocycles. The molecule has 4 rings (SSSR count). The molecule has 0 unspecified atom stereocenters. The van der Waals surface area contributed by atoms with Gasteiger partial charge in [-0.05, 0) is 55.5 Å². The highest BCUT2D eigenvalue weighted by Crippen LogP contribution is 2.33. The van der Waals surface area contributed by atoms with Crippen LogP contribution in [0.5, 0.6) is 0 Å². The molecule has 1 aromatic heterocycles. The van der Waals surface area contributed by atoms with Gasteiger partial charge in [0.25, 0.3) is 0 Å². The zero-order chi connectivity index (χ0) is 29.9. The first-order valence-corrected chi connectivity index (χ1v) is 12.0. The van der Waals surface area contributed by atoms with Crippen LogP contribution < -0.4 is 22.1 Å². The topological polar surface area (TPSA) is 169 Å². The molecule has 0 aliphatic carbocycles. The van der Waals surface area contributed by atoms with Gasteiger partial charge in [-0.3, -0.25) is 19.8 Å². The van der Waals surface area contributed by atoms with E-state index in [2.05, 4.69) is 15.6 Å². The maximum Gasteiger partial charge on any atom is 0.416 e. The zero-order valence-electron chi connectivity index (χ0n) is 21.5. The van der Waals surface area contributed by atoms with E-state index >= 15 is 0 Å². The third-order valence-corrected chi connectivity index (χ3v) is 5.90. The second kappa shape index (κ2) is 11.3. The molecule has 0 spiro atoms. The number of halogens is 3. The van der Waals surface area contributed by atoms with E-state index in [4.69, 9.17) is 16.9 Å². The summed E-state index contributed by atoms with van der Waals surface area (Å²) in [6, 6.07) is 13.6. The normalized spacial score (nSPS) is 11.1. The van der Waals surface area contributed by atoms with Crippen LogP contribution in [-0.4, -0.2) is 33.0 Å². The Balaban J connectivity index is 1.44. The Morgan fingerprint density at radius 1 is 0.951 bits per heavy atom. The Kier molecular flexibility index (Phi) is 7.89. The summed E-state index contributed by atoms with van der Waals surface area (Å²) in [4.78, 5) is 40.5. The van der Waals surface area contributed by atoms with Gasteiger partial charge in [-0.15, -0.1) is 0 Å². The zero-order valence-corrected chi connectivity index (χ0v) is 21.5. The second-order valence-corrected chi connectivity index (χ2v) is 9.08. The Morgan fingerprint density at radius 3 is 2.24 bits per heavy atom. The van der Waals surface area contributed by atoms with Crippen LogP contribution >= 0.6 is 0 Å². The fourth-order valence-corrected chi connectivity index (χ4v) is 3.97. The number of rotatable bonds is 8. The lowest BCUT2D eigenvalue weighted by molar-refractivity contribution is -0.137. The molecule has 0 saturated carbocycles. The molecule has 3 amide bonds. The summed E-state index contributed by atoms with van der Waals surface area (Å²) in [7, 11) is 0. The minimum atomic E-state index is -4.67. The Hall–Kier alpha value is -5.46. The number of amides is 3. The first-order chi connectivity index (χ1) is 19.3.